The zero-order valence-corrected chi connectivity index (χ0v) is 19.3. The van der Waals surface area contributed by atoms with Gasteiger partial charge in [0.15, 0.2) is 6.10 Å². The fourth-order valence-corrected chi connectivity index (χ4v) is 4.95. The lowest BCUT2D eigenvalue weighted by Crippen LogP contribution is -2.30. The minimum absolute atomic E-state index is 0.0411. The third-order valence-corrected chi connectivity index (χ3v) is 6.35. The molecule has 1 aromatic carbocycles. The normalized spacial score (nSPS) is 16.0. The predicted octanol–water partition coefficient (Wildman–Crippen LogP) is 4.84. The average molecular weight is 482 g/mol. The smallest absolute Gasteiger partial charge is 0.387 e. The number of esters is 2. The van der Waals surface area contributed by atoms with Crippen LogP contribution in [-0.4, -0.2) is 37.2 Å². The SMILES string of the molecule is CCOC(=O)c1c(NC(=O)[C@H](C)OC(=O)c2cccc(OC(F)F)c2)sc2c1CC[C@H](C)C2. The molecule has 33 heavy (non-hydrogen) atoms. The lowest BCUT2D eigenvalue weighted by Gasteiger charge is -2.18. The molecule has 1 amide bonds. The standard InChI is InChI=1S/C23H25F2NO6S/c1-4-30-22(29)18-16-9-8-12(2)10-17(16)33-20(18)26-19(27)13(3)31-21(28)14-6-5-7-15(11-14)32-23(24)25/h5-7,11-13,23H,4,8-10H2,1-3H3,(H,26,27)/t12-,13-/m0/s1. The number of thiophene rings is 1. The zero-order chi connectivity index (χ0) is 24.1. The van der Waals surface area contributed by atoms with Crippen molar-refractivity contribution < 1.29 is 37.4 Å². The van der Waals surface area contributed by atoms with Gasteiger partial charge in [-0.05, 0) is 62.8 Å². The van der Waals surface area contributed by atoms with Crippen molar-refractivity contribution in [3.63, 3.8) is 0 Å². The summed E-state index contributed by atoms with van der Waals surface area (Å²) in [7, 11) is 0. The maximum atomic E-state index is 12.7. The third-order valence-electron chi connectivity index (χ3n) is 5.18. The number of ether oxygens (including phenoxy) is 3. The van der Waals surface area contributed by atoms with Crippen LogP contribution < -0.4 is 10.1 Å². The van der Waals surface area contributed by atoms with E-state index in [1.807, 2.05) is 0 Å². The highest BCUT2D eigenvalue weighted by Crippen LogP contribution is 2.40. The molecule has 1 N–H and O–H groups in total. The number of halogens is 2. The van der Waals surface area contributed by atoms with Gasteiger partial charge in [0.1, 0.15) is 10.8 Å². The van der Waals surface area contributed by atoms with Gasteiger partial charge in [0.2, 0.25) is 0 Å². The molecular formula is C23H25F2NO6S. The molecule has 2 aromatic rings. The van der Waals surface area contributed by atoms with Crippen LogP contribution >= 0.6 is 11.3 Å². The van der Waals surface area contributed by atoms with E-state index < -0.39 is 30.6 Å². The van der Waals surface area contributed by atoms with Gasteiger partial charge >= 0.3 is 18.6 Å². The van der Waals surface area contributed by atoms with Gasteiger partial charge in [0, 0.05) is 4.88 Å². The Kier molecular flexibility index (Phi) is 8.01. The van der Waals surface area contributed by atoms with E-state index in [1.54, 1.807) is 6.92 Å². The van der Waals surface area contributed by atoms with Crippen LogP contribution in [-0.2, 0) is 27.1 Å². The number of nitrogens with one attached hydrogen (secondary N) is 1. The van der Waals surface area contributed by atoms with Crippen LogP contribution in [0.1, 0.15) is 58.3 Å². The number of rotatable bonds is 8. The van der Waals surface area contributed by atoms with Gasteiger partial charge in [-0.15, -0.1) is 11.3 Å². The number of alkyl halides is 2. The first-order chi connectivity index (χ1) is 15.7. The number of hydrogen-bond acceptors (Lipinski definition) is 7. The Morgan fingerprint density at radius 1 is 1.24 bits per heavy atom. The first kappa shape index (κ1) is 24.6. The van der Waals surface area contributed by atoms with Gasteiger partial charge < -0.3 is 19.5 Å². The summed E-state index contributed by atoms with van der Waals surface area (Å²) in [5, 5.41) is 3.06. The molecule has 1 aromatic heterocycles. The largest absolute Gasteiger partial charge is 0.462 e. The highest BCUT2D eigenvalue weighted by Gasteiger charge is 2.30. The van der Waals surface area contributed by atoms with E-state index in [1.165, 1.54) is 36.5 Å². The minimum Gasteiger partial charge on any atom is -0.462 e. The monoisotopic (exact) mass is 481 g/mol. The second kappa shape index (κ2) is 10.7. The van der Waals surface area contributed by atoms with E-state index in [2.05, 4.69) is 17.0 Å². The Balaban J connectivity index is 1.73. The van der Waals surface area contributed by atoms with Crippen molar-refractivity contribution in [2.24, 2.45) is 5.92 Å². The van der Waals surface area contributed by atoms with Crippen molar-refractivity contribution >= 4 is 34.2 Å². The maximum Gasteiger partial charge on any atom is 0.387 e. The molecule has 0 aliphatic heterocycles. The van der Waals surface area contributed by atoms with E-state index in [0.29, 0.717) is 16.5 Å². The Morgan fingerprint density at radius 3 is 2.70 bits per heavy atom. The van der Waals surface area contributed by atoms with Crippen molar-refractivity contribution in [2.45, 2.75) is 52.7 Å². The van der Waals surface area contributed by atoms with Gasteiger partial charge in [-0.2, -0.15) is 8.78 Å². The maximum absolute atomic E-state index is 12.7. The first-order valence-corrected chi connectivity index (χ1v) is 11.4. The minimum atomic E-state index is -3.03. The number of amides is 1. The molecule has 0 saturated carbocycles. The number of fused-ring (bicyclic) bond motifs is 1. The topological polar surface area (TPSA) is 90.9 Å². The quantitative estimate of drug-likeness (QED) is 0.543. The highest BCUT2D eigenvalue weighted by molar-refractivity contribution is 7.17. The summed E-state index contributed by atoms with van der Waals surface area (Å²) >= 11 is 1.33. The molecule has 0 spiro atoms. The summed E-state index contributed by atoms with van der Waals surface area (Å²) < 4.78 is 39.5. The van der Waals surface area contributed by atoms with Gasteiger partial charge in [-0.3, -0.25) is 4.79 Å². The van der Waals surface area contributed by atoms with Crippen LogP contribution in [0.3, 0.4) is 0 Å². The van der Waals surface area contributed by atoms with Crippen molar-refractivity contribution in [1.29, 1.82) is 0 Å². The summed E-state index contributed by atoms with van der Waals surface area (Å²) in [6, 6.07) is 5.10. The molecule has 3 rings (SSSR count). The lowest BCUT2D eigenvalue weighted by molar-refractivity contribution is -0.123. The Labute approximate surface area is 194 Å². The van der Waals surface area contributed by atoms with E-state index in [4.69, 9.17) is 9.47 Å². The summed E-state index contributed by atoms with van der Waals surface area (Å²) in [6.45, 7) is 2.39. The molecule has 2 atom stereocenters. The summed E-state index contributed by atoms with van der Waals surface area (Å²) in [4.78, 5) is 38.8. The zero-order valence-electron chi connectivity index (χ0n) is 18.5. The lowest BCUT2D eigenvalue weighted by atomic mass is 9.88. The van der Waals surface area contributed by atoms with E-state index >= 15 is 0 Å². The van der Waals surface area contributed by atoms with Gasteiger partial charge in [-0.1, -0.05) is 13.0 Å². The van der Waals surface area contributed by atoms with Crippen molar-refractivity contribution in [2.75, 3.05) is 11.9 Å². The van der Waals surface area contributed by atoms with Gasteiger partial charge in [0.25, 0.3) is 5.91 Å². The molecule has 1 aliphatic carbocycles. The molecular weight excluding hydrogens is 456 g/mol. The summed E-state index contributed by atoms with van der Waals surface area (Å²) in [5.41, 5.74) is 1.21. The fraction of sp³-hybridized carbons (Fsp3) is 0.435. The van der Waals surface area contributed by atoms with Crippen LogP contribution in [0.4, 0.5) is 13.8 Å². The molecule has 0 unspecified atom stereocenters. The molecule has 178 valence electrons. The Morgan fingerprint density at radius 2 is 2.00 bits per heavy atom. The Hall–Kier alpha value is -3.01. The van der Waals surface area contributed by atoms with Crippen LogP contribution in [0.2, 0.25) is 0 Å². The van der Waals surface area contributed by atoms with Crippen LogP contribution in [0, 0.1) is 5.92 Å². The third kappa shape index (κ3) is 6.07. The Bertz CT molecular complexity index is 1040. The second-order valence-corrected chi connectivity index (χ2v) is 8.82. The van der Waals surface area contributed by atoms with Crippen LogP contribution in [0.15, 0.2) is 24.3 Å². The van der Waals surface area contributed by atoms with Gasteiger partial charge in [-0.25, -0.2) is 9.59 Å². The van der Waals surface area contributed by atoms with E-state index in [0.717, 1.165) is 35.8 Å². The highest BCUT2D eigenvalue weighted by atomic mass is 32.1. The molecule has 0 radical (unpaired) electrons. The second-order valence-electron chi connectivity index (χ2n) is 7.72. The molecule has 1 heterocycles. The van der Waals surface area contributed by atoms with Crippen LogP contribution in [0.5, 0.6) is 5.75 Å². The number of carbonyl (C=O) groups is 3. The molecule has 1 aliphatic rings. The molecule has 0 fully saturated rings. The fourth-order valence-electron chi connectivity index (χ4n) is 3.55. The van der Waals surface area contributed by atoms with E-state index in [9.17, 15) is 23.2 Å². The van der Waals surface area contributed by atoms with Crippen LogP contribution in [0.25, 0.3) is 0 Å². The molecule has 10 heteroatoms. The molecule has 7 nitrogen and oxygen atoms in total. The number of hydrogen-bond donors (Lipinski definition) is 1. The molecule has 0 saturated heterocycles. The predicted molar refractivity (Wildman–Crippen MR) is 118 cm³/mol. The average Bonchev–Trinajstić information content (AvgIpc) is 3.10. The summed E-state index contributed by atoms with van der Waals surface area (Å²) in [5.74, 6) is -1.73. The molecule has 0 bridgehead atoms. The van der Waals surface area contributed by atoms with Gasteiger partial charge in [0.05, 0.1) is 17.7 Å². The van der Waals surface area contributed by atoms with E-state index in [-0.39, 0.29) is 17.9 Å². The van der Waals surface area contributed by atoms with Crippen molar-refractivity contribution in [1.82, 2.24) is 0 Å². The summed E-state index contributed by atoms with van der Waals surface area (Å²) in [6.07, 6.45) is 1.26. The number of benzene rings is 1. The van der Waals surface area contributed by atoms with Crippen molar-refractivity contribution in [3.8, 4) is 5.75 Å². The van der Waals surface area contributed by atoms with Crippen molar-refractivity contribution in [3.05, 3.63) is 45.8 Å². The number of anilines is 1. The number of carbonyl (C=O) groups excluding carboxylic acids is 3. The first-order valence-electron chi connectivity index (χ1n) is 10.6.